The molecule has 1 aromatic rings. The molecule has 0 aliphatic heterocycles. The van der Waals surface area contributed by atoms with Gasteiger partial charge < -0.3 is 5.32 Å². The first-order chi connectivity index (χ1) is 8.52. The van der Waals surface area contributed by atoms with Crippen LogP contribution >= 0.6 is 23.2 Å². The second-order valence-corrected chi connectivity index (χ2v) is 4.68. The summed E-state index contributed by atoms with van der Waals surface area (Å²) in [5, 5.41) is 3.63. The van der Waals surface area contributed by atoms with Crippen molar-refractivity contribution in [1.82, 2.24) is 0 Å². The molecule has 1 aromatic carbocycles. The number of nitrogens with one attached hydrogen (secondary N) is 1. The van der Waals surface area contributed by atoms with Crippen LogP contribution in [0.5, 0.6) is 0 Å². The molecule has 2 nitrogen and oxygen atoms in total. The van der Waals surface area contributed by atoms with Crippen LogP contribution in [-0.2, 0) is 4.79 Å². The SMILES string of the molecule is CCC(C)=C=CCC(=O)Nc1ccc(Cl)c(Cl)c1. The van der Waals surface area contributed by atoms with Crippen LogP contribution in [0.15, 0.2) is 35.6 Å². The van der Waals surface area contributed by atoms with Gasteiger partial charge in [-0.25, -0.2) is 0 Å². The van der Waals surface area contributed by atoms with Crippen molar-refractivity contribution in [1.29, 1.82) is 0 Å². The highest BCUT2D eigenvalue weighted by atomic mass is 35.5. The quantitative estimate of drug-likeness (QED) is 0.788. The summed E-state index contributed by atoms with van der Waals surface area (Å²) < 4.78 is 0. The Balaban J connectivity index is 2.60. The molecular formula is C14H15Cl2NO. The van der Waals surface area contributed by atoms with Gasteiger partial charge in [-0.05, 0) is 43.2 Å². The van der Waals surface area contributed by atoms with Crippen LogP contribution in [0.4, 0.5) is 5.69 Å². The number of benzene rings is 1. The first kappa shape index (κ1) is 14.8. The lowest BCUT2D eigenvalue weighted by molar-refractivity contribution is -0.115. The average molecular weight is 284 g/mol. The first-order valence-corrected chi connectivity index (χ1v) is 6.44. The lowest BCUT2D eigenvalue weighted by atomic mass is 10.2. The number of carbonyl (C=O) groups is 1. The molecule has 1 N–H and O–H groups in total. The third kappa shape index (κ3) is 4.97. The van der Waals surface area contributed by atoms with Gasteiger partial charge in [0.2, 0.25) is 5.91 Å². The Bertz CT molecular complexity index is 503. The lowest BCUT2D eigenvalue weighted by Gasteiger charge is -2.04. The molecule has 0 aliphatic carbocycles. The van der Waals surface area contributed by atoms with Gasteiger partial charge in [-0.1, -0.05) is 30.1 Å². The van der Waals surface area contributed by atoms with Crippen LogP contribution in [0.25, 0.3) is 0 Å². The second kappa shape index (κ2) is 7.27. The van der Waals surface area contributed by atoms with Gasteiger partial charge in [0.25, 0.3) is 0 Å². The van der Waals surface area contributed by atoms with Crippen molar-refractivity contribution in [2.45, 2.75) is 26.7 Å². The van der Waals surface area contributed by atoms with E-state index in [1.54, 1.807) is 24.3 Å². The van der Waals surface area contributed by atoms with E-state index in [9.17, 15) is 4.79 Å². The van der Waals surface area contributed by atoms with Crippen molar-refractivity contribution in [2.24, 2.45) is 0 Å². The number of hydrogen-bond acceptors (Lipinski definition) is 1. The molecule has 1 rings (SSSR count). The van der Waals surface area contributed by atoms with E-state index in [2.05, 4.69) is 11.0 Å². The van der Waals surface area contributed by atoms with Gasteiger partial charge in [-0.3, -0.25) is 4.79 Å². The zero-order valence-corrected chi connectivity index (χ0v) is 11.9. The predicted molar refractivity (Wildman–Crippen MR) is 77.3 cm³/mol. The average Bonchev–Trinajstić information content (AvgIpc) is 2.33. The third-order valence-electron chi connectivity index (χ3n) is 2.37. The number of rotatable bonds is 4. The van der Waals surface area contributed by atoms with Gasteiger partial charge >= 0.3 is 0 Å². The maximum absolute atomic E-state index is 11.6. The van der Waals surface area contributed by atoms with Crippen LogP contribution in [0.3, 0.4) is 0 Å². The Morgan fingerprint density at radius 3 is 2.72 bits per heavy atom. The molecule has 0 aromatic heterocycles. The van der Waals surface area contributed by atoms with Gasteiger partial charge in [-0.2, -0.15) is 0 Å². The number of anilines is 1. The molecule has 1 amide bonds. The molecule has 0 fully saturated rings. The summed E-state index contributed by atoms with van der Waals surface area (Å²) in [5.41, 5.74) is 4.81. The summed E-state index contributed by atoms with van der Waals surface area (Å²) in [7, 11) is 0. The minimum Gasteiger partial charge on any atom is -0.326 e. The molecule has 4 heteroatoms. The van der Waals surface area contributed by atoms with Crippen molar-refractivity contribution in [3.8, 4) is 0 Å². The van der Waals surface area contributed by atoms with Crippen molar-refractivity contribution >= 4 is 34.8 Å². The summed E-state index contributed by atoms with van der Waals surface area (Å²) >= 11 is 11.6. The monoisotopic (exact) mass is 283 g/mol. The van der Waals surface area contributed by atoms with E-state index >= 15 is 0 Å². The highest BCUT2D eigenvalue weighted by Gasteiger charge is 2.02. The molecule has 18 heavy (non-hydrogen) atoms. The van der Waals surface area contributed by atoms with E-state index in [4.69, 9.17) is 23.2 Å². The zero-order valence-electron chi connectivity index (χ0n) is 10.4. The van der Waals surface area contributed by atoms with Gasteiger partial charge in [0.15, 0.2) is 0 Å². The van der Waals surface area contributed by atoms with Gasteiger partial charge in [-0.15, -0.1) is 5.73 Å². The molecule has 0 heterocycles. The van der Waals surface area contributed by atoms with Gasteiger partial charge in [0.1, 0.15) is 0 Å². The number of amides is 1. The smallest absolute Gasteiger partial charge is 0.228 e. The molecule has 0 bridgehead atoms. The first-order valence-electron chi connectivity index (χ1n) is 5.68. The minimum atomic E-state index is -0.107. The van der Waals surface area contributed by atoms with Gasteiger partial charge in [0.05, 0.1) is 16.5 Å². The molecule has 0 saturated heterocycles. The Hall–Kier alpha value is -1.21. The molecule has 0 atom stereocenters. The van der Waals surface area contributed by atoms with Crippen LogP contribution in [-0.4, -0.2) is 5.91 Å². The van der Waals surface area contributed by atoms with Gasteiger partial charge in [0, 0.05) is 5.69 Å². The Morgan fingerprint density at radius 2 is 2.11 bits per heavy atom. The number of halogens is 2. The van der Waals surface area contributed by atoms with Crippen molar-refractivity contribution < 1.29 is 4.79 Å². The predicted octanol–water partition coefficient (Wildman–Crippen LogP) is 4.83. The van der Waals surface area contributed by atoms with Crippen LogP contribution in [0.1, 0.15) is 26.7 Å². The van der Waals surface area contributed by atoms with Crippen LogP contribution in [0, 0.1) is 0 Å². The molecular weight excluding hydrogens is 269 g/mol. The summed E-state index contributed by atoms with van der Waals surface area (Å²) in [5.74, 6) is -0.107. The Kier molecular flexibility index (Phi) is 6.00. The molecule has 0 saturated carbocycles. The van der Waals surface area contributed by atoms with Crippen molar-refractivity contribution in [3.63, 3.8) is 0 Å². The van der Waals surface area contributed by atoms with E-state index < -0.39 is 0 Å². The summed E-state index contributed by atoms with van der Waals surface area (Å²) in [6.07, 6.45) is 2.95. The van der Waals surface area contributed by atoms with E-state index in [1.807, 2.05) is 13.8 Å². The minimum absolute atomic E-state index is 0.107. The fourth-order valence-corrected chi connectivity index (χ4v) is 1.50. The zero-order chi connectivity index (χ0) is 13.5. The molecule has 96 valence electrons. The number of hydrogen-bond donors (Lipinski definition) is 1. The van der Waals surface area contributed by atoms with Crippen molar-refractivity contribution in [2.75, 3.05) is 5.32 Å². The van der Waals surface area contributed by atoms with Crippen LogP contribution in [0.2, 0.25) is 10.0 Å². The largest absolute Gasteiger partial charge is 0.326 e. The summed E-state index contributed by atoms with van der Waals surface area (Å²) in [6.45, 7) is 4.03. The highest BCUT2D eigenvalue weighted by molar-refractivity contribution is 6.42. The second-order valence-electron chi connectivity index (χ2n) is 3.86. The topological polar surface area (TPSA) is 29.1 Å². The molecule has 0 spiro atoms. The highest BCUT2D eigenvalue weighted by Crippen LogP contribution is 2.24. The fourth-order valence-electron chi connectivity index (χ4n) is 1.21. The summed E-state index contributed by atoms with van der Waals surface area (Å²) in [4.78, 5) is 11.6. The normalized spacial score (nSPS) is 9.56. The molecule has 0 radical (unpaired) electrons. The van der Waals surface area contributed by atoms with E-state index in [1.165, 1.54) is 0 Å². The maximum atomic E-state index is 11.6. The molecule has 0 aliphatic rings. The standard InChI is InChI=1S/C14H15Cl2NO/c1-3-10(2)5-4-6-14(18)17-11-7-8-12(15)13(16)9-11/h4,7-9H,3,6H2,1-2H3,(H,17,18). The maximum Gasteiger partial charge on any atom is 0.228 e. The van der Waals surface area contributed by atoms with Crippen molar-refractivity contribution in [3.05, 3.63) is 45.6 Å². The Morgan fingerprint density at radius 1 is 1.39 bits per heavy atom. The van der Waals surface area contributed by atoms with E-state index in [0.29, 0.717) is 15.7 Å². The summed E-state index contributed by atoms with van der Waals surface area (Å²) in [6, 6.07) is 4.98. The van der Waals surface area contributed by atoms with E-state index in [-0.39, 0.29) is 12.3 Å². The van der Waals surface area contributed by atoms with E-state index in [0.717, 1.165) is 12.0 Å². The lowest BCUT2D eigenvalue weighted by Crippen LogP contribution is -2.09. The van der Waals surface area contributed by atoms with Crippen LogP contribution < -0.4 is 5.32 Å². The fraction of sp³-hybridized carbons (Fsp3) is 0.286. The molecule has 0 unspecified atom stereocenters. The third-order valence-corrected chi connectivity index (χ3v) is 3.11. The Labute approximate surface area is 117 Å². The number of carbonyl (C=O) groups excluding carboxylic acids is 1.